The number of allylic oxidation sites excluding steroid dienone is 2. The Hall–Kier alpha value is -4.70. The van der Waals surface area contributed by atoms with Gasteiger partial charge in [0.1, 0.15) is 5.76 Å². The molecule has 2 aromatic rings. The molecule has 156 valence electrons. The zero-order valence-electron chi connectivity index (χ0n) is 16.2. The zero-order valence-corrected chi connectivity index (χ0v) is 16.2. The number of nitro benzene ring substituents is 1. The van der Waals surface area contributed by atoms with Gasteiger partial charge in [-0.2, -0.15) is 5.43 Å². The highest BCUT2D eigenvalue weighted by atomic mass is 16.6. The summed E-state index contributed by atoms with van der Waals surface area (Å²) in [7, 11) is 0. The molecule has 0 bridgehead atoms. The van der Waals surface area contributed by atoms with Gasteiger partial charge in [-0.15, -0.1) is 9.69 Å². The van der Waals surface area contributed by atoms with Crippen molar-refractivity contribution < 1.29 is 28.7 Å². The summed E-state index contributed by atoms with van der Waals surface area (Å²) < 4.78 is 7.15. The number of nitro groups is 1. The smallest absolute Gasteiger partial charge is 0.373 e. The fourth-order valence-corrected chi connectivity index (χ4v) is 2.98. The van der Waals surface area contributed by atoms with Crippen molar-refractivity contribution in [2.45, 2.75) is 6.92 Å². The van der Waals surface area contributed by atoms with Crippen LogP contribution in [0.5, 0.6) is 0 Å². The monoisotopic (exact) mass is 423 g/mol. The van der Waals surface area contributed by atoms with Crippen LogP contribution in [0.15, 0.2) is 69.3 Å². The van der Waals surface area contributed by atoms with E-state index in [0.717, 1.165) is 5.70 Å². The Morgan fingerprint density at radius 3 is 2.87 bits per heavy atom. The van der Waals surface area contributed by atoms with Crippen molar-refractivity contribution in [3.63, 3.8) is 0 Å². The second-order valence-corrected chi connectivity index (χ2v) is 6.61. The van der Waals surface area contributed by atoms with Crippen LogP contribution in [0.25, 0.3) is 11.3 Å². The van der Waals surface area contributed by atoms with Gasteiger partial charge in [-0.3, -0.25) is 14.9 Å². The van der Waals surface area contributed by atoms with E-state index in [1.54, 1.807) is 48.3 Å². The van der Waals surface area contributed by atoms with Crippen LogP contribution in [0.1, 0.15) is 12.7 Å². The average molecular weight is 423 g/mol. The Morgan fingerprint density at radius 2 is 2.13 bits per heavy atom. The Morgan fingerprint density at radius 1 is 1.35 bits per heavy atom. The van der Waals surface area contributed by atoms with Crippen LogP contribution < -0.4 is 10.9 Å². The number of amides is 1. The second-order valence-electron chi connectivity index (χ2n) is 6.61. The van der Waals surface area contributed by atoms with E-state index in [0.29, 0.717) is 22.9 Å². The predicted octanol–water partition coefficient (Wildman–Crippen LogP) is 1.47. The van der Waals surface area contributed by atoms with Gasteiger partial charge >= 0.3 is 17.9 Å². The minimum absolute atomic E-state index is 0.00293. The summed E-state index contributed by atoms with van der Waals surface area (Å²) in [5, 5.41) is 25.9. The van der Waals surface area contributed by atoms with E-state index in [1.807, 2.05) is 0 Å². The summed E-state index contributed by atoms with van der Waals surface area (Å²) in [4.78, 5) is 26.1. The van der Waals surface area contributed by atoms with Gasteiger partial charge in [-0.1, -0.05) is 0 Å². The maximum Gasteiger partial charge on any atom is 0.373 e. The number of non-ortho nitro benzene ring substituents is 1. The van der Waals surface area contributed by atoms with Gasteiger partial charge in [0.05, 0.1) is 9.71 Å². The second kappa shape index (κ2) is 7.97. The van der Waals surface area contributed by atoms with Crippen LogP contribution in [0.2, 0.25) is 0 Å². The first-order chi connectivity index (χ1) is 14.9. The number of fused-ring (bicyclic) bond motifs is 1. The summed E-state index contributed by atoms with van der Waals surface area (Å²) in [6.07, 6.45) is 4.38. The lowest BCUT2D eigenvalue weighted by Gasteiger charge is -2.16. The van der Waals surface area contributed by atoms with Crippen molar-refractivity contribution in [2.24, 2.45) is 5.11 Å². The number of nitrogens with one attached hydrogen (secondary N) is 2. The number of benzene rings is 1. The molecule has 0 fully saturated rings. The van der Waals surface area contributed by atoms with Crippen molar-refractivity contribution >= 4 is 24.1 Å². The fraction of sp³-hybridized carbons (Fsp3) is 0.105. The molecule has 3 heterocycles. The number of carbonyl (C=O) groups excluding carboxylic acids is 1. The van der Waals surface area contributed by atoms with E-state index in [1.165, 1.54) is 23.4 Å². The summed E-state index contributed by atoms with van der Waals surface area (Å²) in [5.74, 6) is 0.684. The van der Waals surface area contributed by atoms with E-state index in [2.05, 4.69) is 20.8 Å². The van der Waals surface area contributed by atoms with Crippen molar-refractivity contribution in [2.75, 3.05) is 6.54 Å². The van der Waals surface area contributed by atoms with Gasteiger partial charge in [0.25, 0.3) is 5.69 Å². The van der Waals surface area contributed by atoms with Gasteiger partial charge in [0.2, 0.25) is 12.1 Å². The number of nitrogens with zero attached hydrogens (tertiary/aromatic N) is 5. The lowest BCUT2D eigenvalue weighted by Crippen LogP contribution is -2.38. The minimum atomic E-state index is -0.548. The standard InChI is InChI=1S/C19H15N7O5/c1-12-8-16(27)19-24(21-11-25(19)23-12)10-18(28)22-20-9-15-6-7-17(31-15)13-2-4-14(5-3-13)26(29)30/h2-9,11,23H,10H2,1H3/p+2. The lowest BCUT2D eigenvalue weighted by molar-refractivity contribution is -0.537. The predicted molar refractivity (Wildman–Crippen MR) is 106 cm³/mol. The number of aliphatic hydroxyl groups is 1. The van der Waals surface area contributed by atoms with E-state index >= 15 is 0 Å². The van der Waals surface area contributed by atoms with Crippen LogP contribution in [0.4, 0.5) is 5.69 Å². The molecule has 2 aliphatic rings. The Kier molecular flexibility index (Phi) is 5.04. The zero-order chi connectivity index (χ0) is 22.0. The molecule has 0 unspecified atom stereocenters. The molecule has 12 nitrogen and oxygen atoms in total. The molecule has 3 N–H and O–H groups in total. The number of hydrazone groups is 1. The summed E-state index contributed by atoms with van der Waals surface area (Å²) in [6.45, 7) is 1.63. The highest BCUT2D eigenvalue weighted by Gasteiger charge is 2.36. The summed E-state index contributed by atoms with van der Waals surface area (Å²) in [6, 6.07) is 9.25. The normalized spacial score (nSPS) is 14.5. The van der Waals surface area contributed by atoms with E-state index in [4.69, 9.17) is 4.42 Å². The highest BCUT2D eigenvalue weighted by Crippen LogP contribution is 2.24. The quantitative estimate of drug-likeness (QED) is 0.163. The molecule has 12 heteroatoms. The molecule has 0 spiro atoms. The number of furan rings is 1. The minimum Gasteiger partial charge on any atom is -0.502 e. The highest BCUT2D eigenvalue weighted by molar-refractivity contribution is 5.79. The first kappa shape index (κ1) is 19.6. The number of carbonyl (C=O) groups is 1. The van der Waals surface area contributed by atoms with E-state index < -0.39 is 10.8 Å². The summed E-state index contributed by atoms with van der Waals surface area (Å²) in [5.41, 5.74) is 7.24. The van der Waals surface area contributed by atoms with Crippen molar-refractivity contribution in [3.05, 3.63) is 75.6 Å². The van der Waals surface area contributed by atoms with Crippen LogP contribution in [-0.2, 0) is 4.79 Å². The van der Waals surface area contributed by atoms with Gasteiger partial charge < -0.3 is 9.52 Å². The molecule has 0 radical (unpaired) electrons. The first-order valence-electron chi connectivity index (χ1n) is 9.07. The van der Waals surface area contributed by atoms with E-state index in [-0.39, 0.29) is 18.0 Å². The molecule has 0 saturated carbocycles. The maximum atomic E-state index is 12.1. The van der Waals surface area contributed by atoms with Gasteiger partial charge in [0.15, 0.2) is 17.4 Å². The molecule has 1 aromatic heterocycles. The molecular weight excluding hydrogens is 406 g/mol. The molecule has 4 rings (SSSR count). The SMILES string of the molecule is CC1=CC(O)=C2N(CC(=O)N=[N+]=Cc3ccc(-c4ccc([N+](=O)[O-])cc4)o3)NC=[N+]2N1. The Balaban J connectivity index is 1.40. The maximum absolute atomic E-state index is 12.1. The number of hydrogen-bond acceptors (Lipinski definition) is 8. The van der Waals surface area contributed by atoms with Crippen LogP contribution in [0.3, 0.4) is 0 Å². The number of aliphatic hydroxyl groups excluding tert-OH is 1. The summed E-state index contributed by atoms with van der Waals surface area (Å²) >= 11 is 0. The number of hydrazine groups is 2. The fourth-order valence-electron chi connectivity index (χ4n) is 2.98. The average Bonchev–Trinajstić information content (AvgIpc) is 3.35. The van der Waals surface area contributed by atoms with Crippen LogP contribution >= 0.6 is 0 Å². The number of hydrogen-bond donors (Lipinski definition) is 3. The van der Waals surface area contributed by atoms with Crippen LogP contribution in [-0.4, -0.2) is 49.5 Å². The van der Waals surface area contributed by atoms with Crippen molar-refractivity contribution in [1.82, 2.24) is 15.9 Å². The third kappa shape index (κ3) is 4.18. The molecule has 1 aromatic carbocycles. The van der Waals surface area contributed by atoms with E-state index in [9.17, 15) is 20.0 Å². The van der Waals surface area contributed by atoms with Gasteiger partial charge in [-0.25, -0.2) is 5.43 Å². The third-order valence-electron chi connectivity index (χ3n) is 4.34. The third-order valence-corrected chi connectivity index (χ3v) is 4.34. The number of rotatable bonds is 5. The molecule has 0 aliphatic carbocycles. The Bertz CT molecular complexity index is 1220. The molecule has 1 amide bonds. The first-order valence-corrected chi connectivity index (χ1v) is 9.07. The van der Waals surface area contributed by atoms with Crippen LogP contribution in [0, 0.1) is 10.1 Å². The van der Waals surface area contributed by atoms with Crippen molar-refractivity contribution in [1.29, 1.82) is 0 Å². The van der Waals surface area contributed by atoms with Crippen molar-refractivity contribution in [3.8, 4) is 11.3 Å². The lowest BCUT2D eigenvalue weighted by atomic mass is 10.1. The molecule has 31 heavy (non-hydrogen) atoms. The van der Waals surface area contributed by atoms with Gasteiger partial charge in [0, 0.05) is 29.5 Å². The molecule has 0 atom stereocenters. The largest absolute Gasteiger partial charge is 0.502 e. The van der Waals surface area contributed by atoms with Gasteiger partial charge in [-0.05, 0) is 31.2 Å². The molecular formula is C19H17N7O5+2. The molecule has 0 saturated heterocycles. The molecule has 2 aliphatic heterocycles. The topological polar surface area (TPSA) is 150 Å². The Labute approximate surface area is 174 Å².